The smallest absolute Gasteiger partial charge is 0.0740 e. The molecule has 15 heavy (non-hydrogen) atoms. The van der Waals surface area contributed by atoms with Gasteiger partial charge in [0, 0.05) is 11.9 Å². The van der Waals surface area contributed by atoms with Gasteiger partial charge in [-0.15, -0.1) is 0 Å². The van der Waals surface area contributed by atoms with E-state index in [1.165, 1.54) is 22.1 Å². The fourth-order valence-electron chi connectivity index (χ4n) is 1.87. The lowest BCUT2D eigenvalue weighted by Crippen LogP contribution is -2.01. The average Bonchev–Trinajstić information content (AvgIpc) is 2.23. The van der Waals surface area contributed by atoms with E-state index in [4.69, 9.17) is 5.73 Å². The van der Waals surface area contributed by atoms with Gasteiger partial charge < -0.3 is 5.73 Å². The summed E-state index contributed by atoms with van der Waals surface area (Å²) in [5, 5.41) is 1.23. The second-order valence-electron chi connectivity index (χ2n) is 4.04. The largest absolute Gasteiger partial charge is 0.325 e. The normalized spacial score (nSPS) is 10.9. The minimum atomic E-state index is 0.504. The van der Waals surface area contributed by atoms with Crippen LogP contribution in [0.3, 0.4) is 0 Å². The number of fused-ring (bicyclic) bond motifs is 1. The van der Waals surface area contributed by atoms with Crippen molar-refractivity contribution in [2.75, 3.05) is 0 Å². The van der Waals surface area contributed by atoms with Gasteiger partial charge >= 0.3 is 0 Å². The fraction of sp³-hybridized carbons (Fsp3) is 0.308. The minimum absolute atomic E-state index is 0.504. The molecule has 0 aliphatic heterocycles. The second kappa shape index (κ2) is 3.63. The molecule has 2 heteroatoms. The molecule has 0 saturated carbocycles. The third-order valence-electron chi connectivity index (χ3n) is 2.97. The standard InChI is InChI=1S/C13H16N2/c1-8-4-5-12-9(2)6-11(7-14)15-13(12)10(8)3/h4-6H,7,14H2,1-3H3. The molecule has 2 nitrogen and oxygen atoms in total. The molecule has 2 aromatic rings. The molecular formula is C13H16N2. The zero-order valence-electron chi connectivity index (χ0n) is 9.46. The maximum atomic E-state index is 5.64. The monoisotopic (exact) mass is 200 g/mol. The molecule has 0 unspecified atom stereocenters. The molecule has 1 aromatic carbocycles. The van der Waals surface area contributed by atoms with Crippen molar-refractivity contribution in [2.24, 2.45) is 5.73 Å². The number of benzene rings is 1. The van der Waals surface area contributed by atoms with Gasteiger partial charge in [0.05, 0.1) is 11.2 Å². The van der Waals surface area contributed by atoms with Crippen LogP contribution in [-0.4, -0.2) is 4.98 Å². The van der Waals surface area contributed by atoms with Gasteiger partial charge in [0.2, 0.25) is 0 Å². The number of aryl methyl sites for hydroxylation is 3. The Bertz CT molecular complexity index is 515. The van der Waals surface area contributed by atoms with E-state index < -0.39 is 0 Å². The molecule has 2 rings (SSSR count). The third-order valence-corrected chi connectivity index (χ3v) is 2.97. The van der Waals surface area contributed by atoms with Crippen molar-refractivity contribution in [3.8, 4) is 0 Å². The second-order valence-corrected chi connectivity index (χ2v) is 4.04. The van der Waals surface area contributed by atoms with Gasteiger partial charge in [0.1, 0.15) is 0 Å². The molecular weight excluding hydrogens is 184 g/mol. The van der Waals surface area contributed by atoms with E-state index in [9.17, 15) is 0 Å². The number of rotatable bonds is 1. The van der Waals surface area contributed by atoms with Crippen molar-refractivity contribution in [2.45, 2.75) is 27.3 Å². The first-order valence-corrected chi connectivity index (χ1v) is 5.20. The lowest BCUT2D eigenvalue weighted by molar-refractivity contribution is 0.999. The molecule has 78 valence electrons. The Morgan fingerprint density at radius 1 is 1.13 bits per heavy atom. The SMILES string of the molecule is Cc1ccc2c(C)cc(CN)nc2c1C. The predicted molar refractivity (Wildman–Crippen MR) is 63.8 cm³/mol. The highest BCUT2D eigenvalue weighted by Crippen LogP contribution is 2.23. The first-order chi connectivity index (χ1) is 7.13. The van der Waals surface area contributed by atoms with Crippen molar-refractivity contribution in [1.82, 2.24) is 4.98 Å². The highest BCUT2D eigenvalue weighted by atomic mass is 14.7. The molecule has 0 fully saturated rings. The maximum absolute atomic E-state index is 5.64. The first kappa shape index (κ1) is 10.1. The zero-order valence-corrected chi connectivity index (χ0v) is 9.46. The number of hydrogen-bond acceptors (Lipinski definition) is 2. The number of nitrogens with zero attached hydrogens (tertiary/aromatic N) is 1. The molecule has 0 atom stereocenters. The van der Waals surface area contributed by atoms with Crippen LogP contribution in [0.2, 0.25) is 0 Å². The van der Waals surface area contributed by atoms with Gasteiger partial charge in [-0.05, 0) is 43.5 Å². The fourth-order valence-corrected chi connectivity index (χ4v) is 1.87. The molecule has 1 aromatic heterocycles. The minimum Gasteiger partial charge on any atom is -0.325 e. The molecule has 0 radical (unpaired) electrons. The van der Waals surface area contributed by atoms with Gasteiger partial charge in [-0.1, -0.05) is 12.1 Å². The zero-order chi connectivity index (χ0) is 11.0. The van der Waals surface area contributed by atoms with E-state index in [0.717, 1.165) is 11.2 Å². The summed E-state index contributed by atoms with van der Waals surface area (Å²) in [6.07, 6.45) is 0. The summed E-state index contributed by atoms with van der Waals surface area (Å²) in [4.78, 5) is 4.59. The number of aromatic nitrogens is 1. The van der Waals surface area contributed by atoms with Crippen LogP contribution < -0.4 is 5.73 Å². The summed E-state index contributed by atoms with van der Waals surface area (Å²) in [5.41, 5.74) is 11.5. The Labute approximate surface area is 90.1 Å². The van der Waals surface area contributed by atoms with E-state index in [1.807, 2.05) is 0 Å². The molecule has 0 bridgehead atoms. The van der Waals surface area contributed by atoms with Crippen LogP contribution in [0.25, 0.3) is 10.9 Å². The van der Waals surface area contributed by atoms with E-state index in [-0.39, 0.29) is 0 Å². The van der Waals surface area contributed by atoms with E-state index in [0.29, 0.717) is 6.54 Å². The molecule has 0 saturated heterocycles. The first-order valence-electron chi connectivity index (χ1n) is 5.20. The average molecular weight is 200 g/mol. The van der Waals surface area contributed by atoms with E-state index in [1.54, 1.807) is 0 Å². The third kappa shape index (κ3) is 1.61. The Balaban J connectivity index is 2.86. The summed E-state index contributed by atoms with van der Waals surface area (Å²) < 4.78 is 0. The van der Waals surface area contributed by atoms with Crippen LogP contribution in [0.1, 0.15) is 22.4 Å². The van der Waals surface area contributed by atoms with Gasteiger partial charge in [0.15, 0.2) is 0 Å². The Morgan fingerprint density at radius 2 is 1.87 bits per heavy atom. The number of nitrogens with two attached hydrogens (primary N) is 1. The van der Waals surface area contributed by atoms with Crippen molar-refractivity contribution >= 4 is 10.9 Å². The van der Waals surface area contributed by atoms with Gasteiger partial charge in [0.25, 0.3) is 0 Å². The lowest BCUT2D eigenvalue weighted by Gasteiger charge is -2.09. The van der Waals surface area contributed by atoms with Crippen LogP contribution in [0.4, 0.5) is 0 Å². The van der Waals surface area contributed by atoms with E-state index in [2.05, 4.69) is 44.0 Å². The van der Waals surface area contributed by atoms with Crippen LogP contribution in [-0.2, 0) is 6.54 Å². The van der Waals surface area contributed by atoms with Gasteiger partial charge in [-0.25, -0.2) is 0 Å². The lowest BCUT2D eigenvalue weighted by atomic mass is 10.0. The van der Waals surface area contributed by atoms with Gasteiger partial charge in [-0.3, -0.25) is 4.98 Å². The molecule has 1 heterocycles. The highest BCUT2D eigenvalue weighted by Gasteiger charge is 2.05. The van der Waals surface area contributed by atoms with Crippen molar-refractivity contribution in [3.63, 3.8) is 0 Å². The van der Waals surface area contributed by atoms with Crippen LogP contribution in [0.5, 0.6) is 0 Å². The number of hydrogen-bond donors (Lipinski definition) is 1. The topological polar surface area (TPSA) is 38.9 Å². The molecule has 0 spiro atoms. The van der Waals surface area contributed by atoms with Crippen molar-refractivity contribution < 1.29 is 0 Å². The summed E-state index contributed by atoms with van der Waals surface area (Å²) in [7, 11) is 0. The summed E-state index contributed by atoms with van der Waals surface area (Å²) in [5.74, 6) is 0. The predicted octanol–water partition coefficient (Wildman–Crippen LogP) is 2.62. The molecule has 2 N–H and O–H groups in total. The van der Waals surface area contributed by atoms with E-state index >= 15 is 0 Å². The van der Waals surface area contributed by atoms with Gasteiger partial charge in [-0.2, -0.15) is 0 Å². The summed E-state index contributed by atoms with van der Waals surface area (Å²) >= 11 is 0. The Kier molecular flexibility index (Phi) is 2.45. The van der Waals surface area contributed by atoms with Crippen LogP contribution in [0.15, 0.2) is 18.2 Å². The molecule has 0 amide bonds. The maximum Gasteiger partial charge on any atom is 0.0740 e. The molecule has 0 aliphatic carbocycles. The Morgan fingerprint density at radius 3 is 2.53 bits per heavy atom. The quantitative estimate of drug-likeness (QED) is 0.768. The Hall–Kier alpha value is -1.41. The van der Waals surface area contributed by atoms with Crippen LogP contribution >= 0.6 is 0 Å². The summed E-state index contributed by atoms with van der Waals surface area (Å²) in [6, 6.07) is 6.35. The van der Waals surface area contributed by atoms with Crippen LogP contribution in [0, 0.1) is 20.8 Å². The van der Waals surface area contributed by atoms with Crippen molar-refractivity contribution in [3.05, 3.63) is 40.6 Å². The molecule has 0 aliphatic rings. The summed E-state index contributed by atoms with van der Waals surface area (Å²) in [6.45, 7) is 6.84. The van der Waals surface area contributed by atoms with Crippen molar-refractivity contribution in [1.29, 1.82) is 0 Å². The highest BCUT2D eigenvalue weighted by molar-refractivity contribution is 5.85. The number of pyridine rings is 1.